The maximum absolute atomic E-state index is 8.75. The molecule has 10 rings (SSSR count). The number of fused-ring (bicyclic) bond motifs is 7. The third kappa shape index (κ3) is 7.53. The van der Waals surface area contributed by atoms with Crippen LogP contribution in [0.1, 0.15) is 29.1 Å². The van der Waals surface area contributed by atoms with Crippen LogP contribution in [0.15, 0.2) is 144 Å². The number of rotatable bonds is 5. The smallest absolute Gasteiger partial charge is 0.120 e. The van der Waals surface area contributed by atoms with Crippen molar-refractivity contribution in [2.45, 2.75) is 46.8 Å². The van der Waals surface area contributed by atoms with Crippen molar-refractivity contribution in [3.8, 4) is 28.3 Å². The van der Waals surface area contributed by atoms with E-state index in [9.17, 15) is 0 Å². The first-order valence-electron chi connectivity index (χ1n) is 20.0. The minimum Gasteiger partial charge on any atom is -0.501 e. The van der Waals surface area contributed by atoms with Crippen LogP contribution >= 0.6 is 11.3 Å². The summed E-state index contributed by atoms with van der Waals surface area (Å²) >= 11 is 1.83. The Kier molecular flexibility index (Phi) is 9.71. The molecule has 57 heavy (non-hydrogen) atoms. The molecule has 0 fully saturated rings. The number of nitrogens with zero attached hydrogens (tertiary/aromatic N) is 3. The van der Waals surface area contributed by atoms with Crippen molar-refractivity contribution in [2.24, 2.45) is 5.41 Å². The summed E-state index contributed by atoms with van der Waals surface area (Å²) in [4.78, 5) is 9.69. The topological polar surface area (TPSA) is 43.9 Å². The first-order chi connectivity index (χ1) is 27.8. The third-order valence-corrected chi connectivity index (χ3v) is 13.1. The van der Waals surface area contributed by atoms with E-state index in [1.54, 1.807) is 0 Å². The molecule has 0 saturated heterocycles. The molecule has 0 saturated carbocycles. The molecule has 0 aliphatic carbocycles. The van der Waals surface area contributed by atoms with Gasteiger partial charge in [0.05, 0.1) is 30.5 Å². The maximum atomic E-state index is 8.75. The summed E-state index contributed by atoms with van der Waals surface area (Å²) in [6.45, 7) is 12.6. The zero-order chi connectivity index (χ0) is 40.4. The molecule has 285 valence electrons. The largest absolute Gasteiger partial charge is 0.501 e. The number of benzene rings is 6. The van der Waals surface area contributed by atoms with Crippen LogP contribution < -0.4 is 5.19 Å². The number of hydrogen-bond acceptors (Lipinski definition) is 4. The number of furan rings is 1. The van der Waals surface area contributed by atoms with E-state index in [2.05, 4.69) is 114 Å². The summed E-state index contributed by atoms with van der Waals surface area (Å²) in [6, 6.07) is 52.1. The van der Waals surface area contributed by atoms with Gasteiger partial charge >= 0.3 is 0 Å². The Balaban J connectivity index is 0.000000177. The molecule has 0 aliphatic heterocycles. The molecule has 6 aromatic carbocycles. The van der Waals surface area contributed by atoms with Gasteiger partial charge in [-0.05, 0) is 65.1 Å². The molecular formula is C50H43IrN3OSSi-2. The van der Waals surface area contributed by atoms with Gasteiger partial charge in [0.1, 0.15) is 5.58 Å². The van der Waals surface area contributed by atoms with Crippen molar-refractivity contribution < 1.29 is 27.3 Å². The second-order valence-corrected chi connectivity index (χ2v) is 22.4. The molecule has 10 aromatic rings. The van der Waals surface area contributed by atoms with Crippen LogP contribution in [0.3, 0.4) is 0 Å². The standard InChI is InChI=1S/C31H17N2OS.C19H26NSi.Ir/c1-5-14-27-20(8-1)22-10-7-11-23(30(22)34-27)31-32-25-12-3-4-13-26(25)33(31)19-16-17-29-24(18-19)21-9-2-6-15-28(21)35-29;1-19(2,3)13-16-12-17(15-10-8-7-9-11-15)20-14-18(16)21(4,5)6;/h1-10,12-18H;7-10,12,14H,13H2,1-6H3;/q2*-1;/i;13D2;. The van der Waals surface area contributed by atoms with Crippen molar-refractivity contribution in [3.63, 3.8) is 0 Å². The Morgan fingerprint density at radius 1 is 0.754 bits per heavy atom. The predicted molar refractivity (Wildman–Crippen MR) is 240 cm³/mol. The van der Waals surface area contributed by atoms with Crippen LogP contribution in [-0.4, -0.2) is 22.6 Å². The van der Waals surface area contributed by atoms with Gasteiger partial charge < -0.3 is 14.0 Å². The minimum atomic E-state index is -1.70. The van der Waals surface area contributed by atoms with E-state index < -0.39 is 19.9 Å². The number of imidazole rings is 1. The quantitative estimate of drug-likeness (QED) is 0.128. The third-order valence-electron chi connectivity index (χ3n) is 9.95. The molecule has 0 unspecified atom stereocenters. The fraction of sp³-hybridized carbons (Fsp3) is 0.160. The van der Waals surface area contributed by atoms with Crippen LogP contribution in [0.25, 0.3) is 81.5 Å². The second kappa shape index (κ2) is 15.3. The molecule has 7 heteroatoms. The van der Waals surface area contributed by atoms with Crippen molar-refractivity contribution in [1.82, 2.24) is 14.5 Å². The Labute approximate surface area is 355 Å². The SMILES string of the molecule is [2H]C([2H])(c1cc(-c2[c-]cccc2)ncc1[Si](C)(C)C)C(C)(C)C.[Ir].[c-]1ccc2c(oc3ccccc32)c1-c1nc2ccccc2n1-c1ccc2sc3ccccc3c2c1. The average Bonchev–Trinajstić information content (AvgIpc) is 3.92. The first-order valence-corrected chi connectivity index (χ1v) is 23.3. The van der Waals surface area contributed by atoms with Crippen molar-refractivity contribution in [1.29, 1.82) is 0 Å². The Hall–Kier alpha value is -5.17. The van der Waals surface area contributed by atoms with Gasteiger partial charge in [-0.2, -0.15) is 0 Å². The molecule has 0 amide bonds. The average molecular weight is 956 g/mol. The van der Waals surface area contributed by atoms with Gasteiger partial charge in [-0.3, -0.25) is 4.98 Å². The molecule has 1 radical (unpaired) electrons. The summed E-state index contributed by atoms with van der Waals surface area (Å²) in [7, 11) is -1.70. The summed E-state index contributed by atoms with van der Waals surface area (Å²) in [5.41, 5.74) is 7.62. The van der Waals surface area contributed by atoms with E-state index in [0.29, 0.717) is 0 Å². The van der Waals surface area contributed by atoms with Crippen LogP contribution in [0, 0.1) is 17.5 Å². The Bertz CT molecular complexity index is 3140. The van der Waals surface area contributed by atoms with E-state index in [-0.39, 0.29) is 20.1 Å². The predicted octanol–water partition coefficient (Wildman–Crippen LogP) is 13.4. The summed E-state index contributed by atoms with van der Waals surface area (Å²) in [6.07, 6.45) is 0.469. The maximum Gasteiger partial charge on any atom is 0.120 e. The number of pyridine rings is 1. The molecule has 4 heterocycles. The molecular weight excluding hydrogens is 911 g/mol. The van der Waals surface area contributed by atoms with E-state index in [0.717, 1.165) is 72.1 Å². The zero-order valence-electron chi connectivity index (χ0n) is 34.8. The number of aromatic nitrogens is 3. The van der Waals surface area contributed by atoms with E-state index in [1.807, 2.05) is 99.0 Å². The number of hydrogen-bond donors (Lipinski definition) is 0. The number of para-hydroxylation sites is 3. The van der Waals surface area contributed by atoms with Gasteiger partial charge in [0, 0.05) is 60.3 Å². The molecule has 4 aromatic heterocycles. The molecule has 4 nitrogen and oxygen atoms in total. The van der Waals surface area contributed by atoms with E-state index in [4.69, 9.17) is 12.1 Å². The van der Waals surface area contributed by atoms with E-state index in [1.165, 1.54) is 20.2 Å². The molecule has 0 N–H and O–H groups in total. The minimum absolute atomic E-state index is 0. The molecule has 0 atom stereocenters. The van der Waals surface area contributed by atoms with Gasteiger partial charge in [-0.15, -0.1) is 65.4 Å². The summed E-state index contributed by atoms with van der Waals surface area (Å²) < 4.78 is 28.7. The van der Waals surface area contributed by atoms with Gasteiger partial charge in [0.2, 0.25) is 0 Å². The first kappa shape index (κ1) is 36.2. The van der Waals surface area contributed by atoms with Crippen molar-refractivity contribution in [3.05, 3.63) is 157 Å². The van der Waals surface area contributed by atoms with Crippen molar-refractivity contribution in [2.75, 3.05) is 0 Å². The normalized spacial score (nSPS) is 12.7. The van der Waals surface area contributed by atoms with Gasteiger partial charge in [0.15, 0.2) is 0 Å². The second-order valence-electron chi connectivity index (χ2n) is 16.2. The Morgan fingerprint density at radius 3 is 2.28 bits per heavy atom. The van der Waals surface area contributed by atoms with Crippen LogP contribution in [-0.2, 0) is 26.5 Å². The molecule has 0 spiro atoms. The van der Waals surface area contributed by atoms with Crippen LogP contribution in [0.5, 0.6) is 0 Å². The van der Waals surface area contributed by atoms with Gasteiger partial charge in [0.25, 0.3) is 0 Å². The fourth-order valence-electron chi connectivity index (χ4n) is 7.43. The molecule has 0 aliphatic rings. The van der Waals surface area contributed by atoms with Crippen LogP contribution in [0.2, 0.25) is 19.6 Å². The summed E-state index contributed by atoms with van der Waals surface area (Å²) in [5.74, 6) is 0.828. The Morgan fingerprint density at radius 2 is 1.49 bits per heavy atom. The van der Waals surface area contributed by atoms with Gasteiger partial charge in [-0.25, -0.2) is 0 Å². The van der Waals surface area contributed by atoms with Crippen molar-refractivity contribution >= 4 is 77.7 Å². The van der Waals surface area contributed by atoms with E-state index >= 15 is 0 Å². The molecule has 0 bridgehead atoms. The van der Waals surface area contributed by atoms with Gasteiger partial charge in [-0.1, -0.05) is 112 Å². The number of thiophene rings is 1. The monoisotopic (exact) mass is 956 g/mol. The fourth-order valence-corrected chi connectivity index (χ4v) is 9.91. The summed E-state index contributed by atoms with van der Waals surface area (Å²) in [5, 5.41) is 5.82. The zero-order valence-corrected chi connectivity index (χ0v) is 37.0. The van der Waals surface area contributed by atoms with Crippen LogP contribution in [0.4, 0.5) is 0 Å².